The molecule has 0 bridgehead atoms. The second kappa shape index (κ2) is 10.0. The number of fused-ring (bicyclic) bond motifs is 1. The Morgan fingerprint density at radius 3 is 2.41 bits per heavy atom. The summed E-state index contributed by atoms with van der Waals surface area (Å²) in [4.78, 5) is 10.5. The van der Waals surface area contributed by atoms with Crippen LogP contribution in [0.25, 0.3) is 28.1 Å². The maximum Gasteiger partial charge on any atom is 0.433 e. The van der Waals surface area contributed by atoms with E-state index in [1.807, 2.05) is 35.2 Å². The van der Waals surface area contributed by atoms with Crippen molar-refractivity contribution in [2.24, 2.45) is 5.73 Å². The van der Waals surface area contributed by atoms with Crippen LogP contribution in [0.2, 0.25) is 0 Å². The van der Waals surface area contributed by atoms with Crippen LogP contribution in [0, 0.1) is 0 Å². The molecule has 1 aliphatic heterocycles. The summed E-state index contributed by atoms with van der Waals surface area (Å²) in [5.41, 5.74) is 6.70. The van der Waals surface area contributed by atoms with Gasteiger partial charge >= 0.3 is 6.18 Å². The summed E-state index contributed by atoms with van der Waals surface area (Å²) in [5.74, 6) is 0.780. The molecule has 7 nitrogen and oxygen atoms in total. The van der Waals surface area contributed by atoms with Gasteiger partial charge in [0, 0.05) is 30.1 Å². The first kappa shape index (κ1) is 26.7. The highest BCUT2D eigenvalue weighted by Crippen LogP contribution is 2.40. The number of rotatable bonds is 6. The van der Waals surface area contributed by atoms with Gasteiger partial charge in [-0.1, -0.05) is 36.9 Å². The van der Waals surface area contributed by atoms with E-state index < -0.39 is 23.5 Å². The molecule has 2 aromatic heterocycles. The molecule has 39 heavy (non-hydrogen) atoms. The van der Waals surface area contributed by atoms with Crippen LogP contribution in [0.15, 0.2) is 65.6 Å². The number of ether oxygens (including phenoxy) is 1. The van der Waals surface area contributed by atoms with Crippen molar-refractivity contribution in [2.75, 3.05) is 20.2 Å². The molecule has 1 aliphatic rings. The van der Waals surface area contributed by atoms with Crippen LogP contribution in [0.3, 0.4) is 0 Å². The smallest absolute Gasteiger partial charge is 0.433 e. The zero-order valence-electron chi connectivity index (χ0n) is 21.6. The molecule has 4 aromatic rings. The summed E-state index contributed by atoms with van der Waals surface area (Å²) in [6.07, 6.45) is -3.60. The number of nitrogens with zero attached hydrogens (tertiary/aromatic N) is 3. The number of aromatic nitrogens is 2. The molecule has 0 radical (unpaired) electrons. The maximum absolute atomic E-state index is 13.4. The molecule has 0 saturated carbocycles. The molecule has 1 atom stereocenters. The Kier molecular flexibility index (Phi) is 6.86. The minimum absolute atomic E-state index is 0.0435. The SMILES string of the molecule is C=C(c1oc(-c2ccc(OC)c3nc(C(F)(F)F)ccc23)nc1C(C)N)N1CCC(O)(c2ccccc2)CC1. The van der Waals surface area contributed by atoms with Crippen molar-refractivity contribution in [3.05, 3.63) is 83.9 Å². The Morgan fingerprint density at radius 2 is 1.79 bits per heavy atom. The van der Waals surface area contributed by atoms with Crippen LogP contribution in [0.1, 0.15) is 48.5 Å². The van der Waals surface area contributed by atoms with Crippen molar-refractivity contribution >= 4 is 16.6 Å². The van der Waals surface area contributed by atoms with Gasteiger partial charge in [-0.3, -0.25) is 0 Å². The highest BCUT2D eigenvalue weighted by molar-refractivity contribution is 5.96. The van der Waals surface area contributed by atoms with Gasteiger partial charge in [-0.2, -0.15) is 13.2 Å². The highest BCUT2D eigenvalue weighted by Gasteiger charge is 2.36. The molecular weight excluding hydrogens is 509 g/mol. The second-order valence-electron chi connectivity index (χ2n) is 9.76. The molecule has 3 heterocycles. The van der Waals surface area contributed by atoms with E-state index in [0.717, 1.165) is 11.6 Å². The Labute approximate surface area is 223 Å². The summed E-state index contributed by atoms with van der Waals surface area (Å²) in [6.45, 7) is 7.09. The van der Waals surface area contributed by atoms with Gasteiger partial charge in [0.1, 0.15) is 22.7 Å². The monoisotopic (exact) mass is 538 g/mol. The van der Waals surface area contributed by atoms with E-state index in [1.165, 1.54) is 19.2 Å². The first-order chi connectivity index (χ1) is 18.5. The molecule has 1 saturated heterocycles. The van der Waals surface area contributed by atoms with Crippen molar-refractivity contribution in [2.45, 2.75) is 37.6 Å². The van der Waals surface area contributed by atoms with Gasteiger partial charge in [0.15, 0.2) is 5.76 Å². The number of benzene rings is 2. The number of alkyl halides is 3. The Bertz CT molecular complexity index is 1510. The molecule has 0 spiro atoms. The van der Waals surface area contributed by atoms with E-state index in [1.54, 1.807) is 13.0 Å². The van der Waals surface area contributed by atoms with Gasteiger partial charge < -0.3 is 24.9 Å². The summed E-state index contributed by atoms with van der Waals surface area (Å²) in [6, 6.07) is 14.5. The average molecular weight is 539 g/mol. The summed E-state index contributed by atoms with van der Waals surface area (Å²) in [5, 5.41) is 11.6. The van der Waals surface area contributed by atoms with Crippen molar-refractivity contribution in [3.8, 4) is 17.2 Å². The lowest BCUT2D eigenvalue weighted by Gasteiger charge is -2.40. The first-order valence-corrected chi connectivity index (χ1v) is 12.6. The molecular formula is C29H29F3N4O3. The molecule has 0 aliphatic carbocycles. The van der Waals surface area contributed by atoms with Crippen molar-refractivity contribution in [1.29, 1.82) is 0 Å². The largest absolute Gasteiger partial charge is 0.494 e. The van der Waals surface area contributed by atoms with Crippen molar-refractivity contribution in [1.82, 2.24) is 14.9 Å². The number of oxazole rings is 1. The lowest BCUT2D eigenvalue weighted by Crippen LogP contribution is -2.41. The van der Waals surface area contributed by atoms with E-state index in [9.17, 15) is 18.3 Å². The fraction of sp³-hybridized carbons (Fsp3) is 0.310. The lowest BCUT2D eigenvalue weighted by atomic mass is 9.84. The van der Waals surface area contributed by atoms with E-state index in [0.29, 0.717) is 54.0 Å². The van der Waals surface area contributed by atoms with Crippen molar-refractivity contribution < 1.29 is 27.4 Å². The number of pyridine rings is 1. The van der Waals surface area contributed by atoms with Gasteiger partial charge in [0.25, 0.3) is 0 Å². The summed E-state index contributed by atoms with van der Waals surface area (Å²) in [7, 11) is 1.37. The predicted molar refractivity (Wildman–Crippen MR) is 142 cm³/mol. The Balaban J connectivity index is 1.49. The third kappa shape index (κ3) is 4.97. The molecule has 2 aromatic carbocycles. The van der Waals surface area contributed by atoms with E-state index in [2.05, 4.69) is 16.5 Å². The third-order valence-electron chi connectivity index (χ3n) is 7.19. The number of aliphatic hydroxyl groups is 1. The van der Waals surface area contributed by atoms with Crippen LogP contribution in [0.4, 0.5) is 13.2 Å². The number of piperidine rings is 1. The molecule has 204 valence electrons. The standard InChI is InChI=1S/C29H29F3N4O3/c1-17(33)24-26(18(2)36-15-13-28(37,14-16-36)19-7-5-4-6-8-19)39-27(35-24)21-9-11-22(38-3)25-20(21)10-12-23(34-25)29(30,31)32/h4-12,17,37H,2,13-16,33H2,1,3H3. The Hall–Kier alpha value is -3.89. The Morgan fingerprint density at radius 1 is 1.10 bits per heavy atom. The maximum atomic E-state index is 13.4. The zero-order chi connectivity index (χ0) is 27.9. The average Bonchev–Trinajstić information content (AvgIpc) is 3.38. The minimum atomic E-state index is -4.60. The second-order valence-corrected chi connectivity index (χ2v) is 9.76. The van der Waals surface area contributed by atoms with Gasteiger partial charge in [-0.25, -0.2) is 9.97 Å². The number of nitrogens with two attached hydrogens (primary N) is 1. The van der Waals surface area contributed by atoms with E-state index in [-0.39, 0.29) is 17.2 Å². The number of halogens is 3. The number of methoxy groups -OCH3 is 1. The zero-order valence-corrected chi connectivity index (χ0v) is 21.6. The molecule has 10 heteroatoms. The number of hydrogen-bond donors (Lipinski definition) is 2. The van der Waals surface area contributed by atoms with Gasteiger partial charge in [-0.05, 0) is 49.6 Å². The van der Waals surface area contributed by atoms with Gasteiger partial charge in [0.05, 0.1) is 18.4 Å². The summed E-state index contributed by atoms with van der Waals surface area (Å²) < 4.78 is 51.5. The molecule has 0 amide bonds. The molecule has 5 rings (SSSR count). The molecule has 1 unspecified atom stereocenters. The van der Waals surface area contributed by atoms with Gasteiger partial charge in [0.2, 0.25) is 5.89 Å². The minimum Gasteiger partial charge on any atom is -0.494 e. The van der Waals surface area contributed by atoms with Crippen LogP contribution >= 0.6 is 0 Å². The third-order valence-corrected chi connectivity index (χ3v) is 7.19. The van der Waals surface area contributed by atoms with Crippen LogP contribution in [0.5, 0.6) is 5.75 Å². The fourth-order valence-electron chi connectivity index (χ4n) is 4.99. The van der Waals surface area contributed by atoms with E-state index in [4.69, 9.17) is 14.9 Å². The normalized spacial score (nSPS) is 16.3. The first-order valence-electron chi connectivity index (χ1n) is 12.6. The lowest BCUT2D eigenvalue weighted by molar-refractivity contribution is -0.140. The van der Waals surface area contributed by atoms with E-state index >= 15 is 0 Å². The molecule has 3 N–H and O–H groups in total. The highest BCUT2D eigenvalue weighted by atomic mass is 19.4. The predicted octanol–water partition coefficient (Wildman–Crippen LogP) is 5.89. The van der Waals surface area contributed by atoms with Crippen LogP contribution in [-0.2, 0) is 11.8 Å². The topological polar surface area (TPSA) is 97.6 Å². The summed E-state index contributed by atoms with van der Waals surface area (Å²) >= 11 is 0. The van der Waals surface area contributed by atoms with Crippen LogP contribution < -0.4 is 10.5 Å². The van der Waals surface area contributed by atoms with Crippen LogP contribution in [-0.4, -0.2) is 40.2 Å². The van der Waals surface area contributed by atoms with Gasteiger partial charge in [-0.15, -0.1) is 0 Å². The quantitative estimate of drug-likeness (QED) is 0.316. The van der Waals surface area contributed by atoms with Crippen molar-refractivity contribution in [3.63, 3.8) is 0 Å². The fourth-order valence-corrected chi connectivity index (χ4v) is 4.99. The number of hydrogen-bond acceptors (Lipinski definition) is 7. The molecule has 1 fully saturated rings. The number of likely N-dealkylation sites (tertiary alicyclic amines) is 1.